The van der Waals surface area contributed by atoms with E-state index >= 15 is 0 Å². The second-order valence-electron chi connectivity index (χ2n) is 10.6. The van der Waals surface area contributed by atoms with Crippen LogP contribution >= 0.6 is 0 Å². The number of para-hydroxylation sites is 1. The summed E-state index contributed by atoms with van der Waals surface area (Å²) in [5, 5.41) is 7.02. The normalized spacial score (nSPS) is 18.7. The van der Waals surface area contributed by atoms with Gasteiger partial charge in [-0.15, -0.1) is 0 Å². The van der Waals surface area contributed by atoms with Crippen molar-refractivity contribution < 1.29 is 4.79 Å². The minimum Gasteiger partial charge on any atom is -0.384 e. The van der Waals surface area contributed by atoms with E-state index in [0.717, 1.165) is 41.1 Å². The zero-order valence-corrected chi connectivity index (χ0v) is 22.2. The molecule has 0 aromatic heterocycles. The highest BCUT2D eigenvalue weighted by molar-refractivity contribution is 6.00. The average Bonchev–Trinajstić information content (AvgIpc) is 3.05. The summed E-state index contributed by atoms with van der Waals surface area (Å²) in [4.78, 5) is 16.1. The molecule has 0 bridgehead atoms. The van der Waals surface area contributed by atoms with Crippen LogP contribution in [-0.4, -0.2) is 28.9 Å². The number of carbonyl (C=O) groups is 1. The number of nitrogens with zero attached hydrogens (tertiary/aromatic N) is 1. The van der Waals surface area contributed by atoms with Gasteiger partial charge in [0.2, 0.25) is 5.91 Å². The summed E-state index contributed by atoms with van der Waals surface area (Å²) in [6, 6.07) is 28.8. The lowest BCUT2D eigenvalue weighted by atomic mass is 9.93. The van der Waals surface area contributed by atoms with Crippen molar-refractivity contribution in [2.75, 3.05) is 5.32 Å². The number of fused-ring (bicyclic) bond motifs is 1. The van der Waals surface area contributed by atoms with Crippen LogP contribution in [0.3, 0.4) is 0 Å². The van der Waals surface area contributed by atoms with Crippen molar-refractivity contribution in [2.24, 2.45) is 0 Å². The molecule has 2 aliphatic rings. The largest absolute Gasteiger partial charge is 0.384 e. The first-order valence-electron chi connectivity index (χ1n) is 14.0. The van der Waals surface area contributed by atoms with Gasteiger partial charge in [0.05, 0.1) is 11.7 Å². The van der Waals surface area contributed by atoms with Gasteiger partial charge in [0, 0.05) is 29.4 Å². The van der Waals surface area contributed by atoms with Crippen molar-refractivity contribution in [1.29, 1.82) is 0 Å². The van der Waals surface area contributed by atoms with E-state index in [1.54, 1.807) is 0 Å². The maximum Gasteiger partial charge on any atom is 0.247 e. The quantitative estimate of drug-likeness (QED) is 0.330. The first-order valence-corrected chi connectivity index (χ1v) is 14.0. The Morgan fingerprint density at radius 3 is 2.24 bits per heavy atom. The summed E-state index contributed by atoms with van der Waals surface area (Å²) in [5.41, 5.74) is 6.04. The Morgan fingerprint density at radius 1 is 0.895 bits per heavy atom. The predicted molar refractivity (Wildman–Crippen MR) is 158 cm³/mol. The molecule has 2 N–H and O–H groups in total. The van der Waals surface area contributed by atoms with E-state index in [-0.39, 0.29) is 11.9 Å². The Balaban J connectivity index is 1.53. The number of amides is 1. The van der Waals surface area contributed by atoms with Gasteiger partial charge < -0.3 is 15.5 Å². The van der Waals surface area contributed by atoms with E-state index in [4.69, 9.17) is 0 Å². The zero-order chi connectivity index (χ0) is 26.3. The molecule has 5 rings (SSSR count). The second-order valence-corrected chi connectivity index (χ2v) is 10.6. The fourth-order valence-electron chi connectivity index (χ4n) is 5.98. The highest BCUT2D eigenvalue weighted by Crippen LogP contribution is 2.36. The molecular formula is C34H39N3O. The molecule has 2 unspecified atom stereocenters. The number of anilines is 1. The van der Waals surface area contributed by atoms with Crippen molar-refractivity contribution in [3.8, 4) is 0 Å². The summed E-state index contributed by atoms with van der Waals surface area (Å²) < 4.78 is 0. The molecule has 1 fully saturated rings. The van der Waals surface area contributed by atoms with Gasteiger partial charge in [-0.3, -0.25) is 4.79 Å². The molecule has 3 aromatic carbocycles. The molecular weight excluding hydrogens is 466 g/mol. The molecule has 1 aliphatic carbocycles. The Bertz CT molecular complexity index is 1250. The lowest BCUT2D eigenvalue weighted by Crippen LogP contribution is -2.51. The number of benzene rings is 3. The topological polar surface area (TPSA) is 44.4 Å². The van der Waals surface area contributed by atoms with Crippen LogP contribution in [0.4, 0.5) is 5.69 Å². The minimum absolute atomic E-state index is 0.00451. The molecule has 2 atom stereocenters. The van der Waals surface area contributed by atoms with Crippen LogP contribution in [0, 0.1) is 0 Å². The number of rotatable bonds is 9. The van der Waals surface area contributed by atoms with E-state index in [0.29, 0.717) is 12.5 Å². The van der Waals surface area contributed by atoms with Gasteiger partial charge in [-0.25, -0.2) is 0 Å². The van der Waals surface area contributed by atoms with Gasteiger partial charge in [0.25, 0.3) is 0 Å². The fourth-order valence-corrected chi connectivity index (χ4v) is 5.98. The van der Waals surface area contributed by atoms with Gasteiger partial charge in [-0.05, 0) is 42.9 Å². The van der Waals surface area contributed by atoms with Crippen molar-refractivity contribution in [1.82, 2.24) is 10.2 Å². The van der Waals surface area contributed by atoms with Crippen molar-refractivity contribution in [3.63, 3.8) is 0 Å². The molecule has 4 heteroatoms. The summed E-state index contributed by atoms with van der Waals surface area (Å²) >= 11 is 0. The van der Waals surface area contributed by atoms with Gasteiger partial charge >= 0.3 is 0 Å². The molecule has 1 amide bonds. The van der Waals surface area contributed by atoms with Gasteiger partial charge in [-0.2, -0.15) is 0 Å². The lowest BCUT2D eigenvalue weighted by molar-refractivity contribution is -0.120. The zero-order valence-electron chi connectivity index (χ0n) is 22.2. The number of hydrogen-bond acceptors (Lipinski definition) is 3. The highest BCUT2D eigenvalue weighted by Gasteiger charge is 2.37. The number of carbonyl (C=O) groups excluding carboxylic acids is 1. The SMILES string of the molecule is C=C(NC1CCCCC1)C(CCc1ccccc1)N1C(=C)c2ccccc2NC(=O)C1Cc1ccccc1. The van der Waals surface area contributed by atoms with Gasteiger partial charge in [0.1, 0.15) is 6.04 Å². The minimum atomic E-state index is -0.414. The van der Waals surface area contributed by atoms with Crippen LogP contribution in [-0.2, 0) is 17.6 Å². The summed E-state index contributed by atoms with van der Waals surface area (Å²) in [7, 11) is 0. The van der Waals surface area contributed by atoms with E-state index in [9.17, 15) is 4.79 Å². The first kappa shape index (κ1) is 25.8. The Morgan fingerprint density at radius 2 is 1.53 bits per heavy atom. The van der Waals surface area contributed by atoms with Crippen LogP contribution in [0.15, 0.2) is 104 Å². The van der Waals surface area contributed by atoms with Crippen LogP contribution in [0.5, 0.6) is 0 Å². The molecule has 1 heterocycles. The molecule has 0 saturated heterocycles. The summed E-state index contributed by atoms with van der Waals surface area (Å²) in [6.45, 7) is 9.19. The summed E-state index contributed by atoms with van der Waals surface area (Å²) in [5.74, 6) is -0.00451. The third-order valence-corrected chi connectivity index (χ3v) is 8.00. The van der Waals surface area contributed by atoms with Crippen LogP contribution in [0.25, 0.3) is 5.70 Å². The molecule has 0 spiro atoms. The summed E-state index contributed by atoms with van der Waals surface area (Å²) in [6.07, 6.45) is 8.47. The smallest absolute Gasteiger partial charge is 0.247 e. The van der Waals surface area contributed by atoms with Crippen LogP contribution < -0.4 is 10.6 Å². The Labute approximate surface area is 227 Å². The molecule has 38 heavy (non-hydrogen) atoms. The van der Waals surface area contributed by atoms with Crippen molar-refractivity contribution in [3.05, 3.63) is 120 Å². The molecule has 1 saturated carbocycles. The van der Waals surface area contributed by atoms with Crippen molar-refractivity contribution in [2.45, 2.75) is 69.5 Å². The van der Waals surface area contributed by atoms with Crippen LogP contribution in [0.1, 0.15) is 55.2 Å². The molecule has 196 valence electrons. The number of nitrogens with one attached hydrogen (secondary N) is 2. The molecule has 4 nitrogen and oxygen atoms in total. The van der Waals surface area contributed by atoms with Gasteiger partial charge in [0.15, 0.2) is 0 Å². The third-order valence-electron chi connectivity index (χ3n) is 8.00. The van der Waals surface area contributed by atoms with E-state index < -0.39 is 6.04 Å². The first-order chi connectivity index (χ1) is 18.6. The lowest BCUT2D eigenvalue weighted by Gasteiger charge is -2.41. The highest BCUT2D eigenvalue weighted by atomic mass is 16.2. The Hall–Kier alpha value is -3.79. The standard InChI is InChI=1S/C34H39N3O/c1-25(35-29-18-10-5-11-19-29)32(23-22-27-14-6-3-7-15-27)37-26(2)30-20-12-13-21-31(30)36-34(38)33(37)24-28-16-8-4-9-17-28/h3-4,6-9,12-17,20-21,29,32-33,35H,1-2,5,10-11,18-19,22-24H2,(H,36,38). The second kappa shape index (κ2) is 12.2. The third kappa shape index (κ3) is 6.02. The molecule has 1 aliphatic heterocycles. The fraction of sp³-hybridized carbons (Fsp3) is 0.324. The molecule has 0 radical (unpaired) electrons. The van der Waals surface area contributed by atoms with E-state index in [2.05, 4.69) is 77.2 Å². The van der Waals surface area contributed by atoms with Crippen LogP contribution in [0.2, 0.25) is 0 Å². The van der Waals surface area contributed by atoms with E-state index in [1.165, 1.54) is 37.7 Å². The molecule has 3 aromatic rings. The maximum atomic E-state index is 13.9. The maximum absolute atomic E-state index is 13.9. The van der Waals surface area contributed by atoms with Crippen molar-refractivity contribution >= 4 is 17.3 Å². The van der Waals surface area contributed by atoms with Gasteiger partial charge in [-0.1, -0.05) is 111 Å². The average molecular weight is 506 g/mol. The number of aryl methyl sites for hydroxylation is 1. The van der Waals surface area contributed by atoms with E-state index in [1.807, 2.05) is 36.4 Å². The predicted octanol–water partition coefficient (Wildman–Crippen LogP) is 6.96. The Kier molecular flexibility index (Phi) is 8.28. The monoisotopic (exact) mass is 505 g/mol. The number of hydrogen-bond donors (Lipinski definition) is 2.